The molecule has 0 unspecified atom stereocenters. The van der Waals surface area contributed by atoms with E-state index < -0.39 is 0 Å². The van der Waals surface area contributed by atoms with Crippen LogP contribution in [0.3, 0.4) is 0 Å². The molecular weight excluding hydrogens is 210 g/mol. The van der Waals surface area contributed by atoms with E-state index in [9.17, 15) is 0 Å². The first-order valence-electron chi connectivity index (χ1n) is 5.59. The van der Waals surface area contributed by atoms with Gasteiger partial charge in [0.05, 0.1) is 17.4 Å². The van der Waals surface area contributed by atoms with Crippen LogP contribution in [-0.4, -0.2) is 14.5 Å². The number of rotatable bonds is 1. The minimum atomic E-state index is 1.02. The summed E-state index contributed by atoms with van der Waals surface area (Å²) in [6, 6.07) is 10.3. The van der Waals surface area contributed by atoms with Crippen LogP contribution in [0.5, 0.6) is 0 Å². The summed E-state index contributed by atoms with van der Waals surface area (Å²) >= 11 is 0. The van der Waals surface area contributed by atoms with Gasteiger partial charge in [0, 0.05) is 24.2 Å². The predicted molar refractivity (Wildman–Crippen MR) is 68.7 cm³/mol. The van der Waals surface area contributed by atoms with E-state index in [1.807, 2.05) is 38.5 Å². The van der Waals surface area contributed by atoms with Gasteiger partial charge in [0.2, 0.25) is 0 Å². The molecule has 0 radical (unpaired) electrons. The highest BCUT2D eigenvalue weighted by molar-refractivity contribution is 5.83. The molecule has 0 saturated carbocycles. The fourth-order valence-corrected chi connectivity index (χ4v) is 2.01. The molecule has 0 atom stereocenters. The van der Waals surface area contributed by atoms with Crippen molar-refractivity contribution in [3.63, 3.8) is 0 Å². The average Bonchev–Trinajstić information content (AvgIpc) is 2.70. The van der Waals surface area contributed by atoms with Crippen molar-refractivity contribution in [2.45, 2.75) is 6.92 Å². The summed E-state index contributed by atoms with van der Waals surface area (Å²) in [6.45, 7) is 2.01. The summed E-state index contributed by atoms with van der Waals surface area (Å²) in [4.78, 5) is 8.64. The maximum absolute atomic E-state index is 4.32. The average molecular weight is 223 g/mol. The lowest BCUT2D eigenvalue weighted by Gasteiger charge is -2.05. The smallest absolute Gasteiger partial charge is 0.105 e. The molecule has 84 valence electrons. The van der Waals surface area contributed by atoms with E-state index in [4.69, 9.17) is 0 Å². The lowest BCUT2D eigenvalue weighted by Crippen LogP contribution is -1.94. The van der Waals surface area contributed by atoms with Gasteiger partial charge in [-0.1, -0.05) is 12.1 Å². The molecule has 17 heavy (non-hydrogen) atoms. The van der Waals surface area contributed by atoms with Crippen LogP contribution >= 0.6 is 0 Å². The quantitative estimate of drug-likeness (QED) is 0.635. The van der Waals surface area contributed by atoms with Crippen LogP contribution in [0.1, 0.15) is 5.82 Å². The highest BCUT2D eigenvalue weighted by Crippen LogP contribution is 2.23. The van der Waals surface area contributed by atoms with Crippen LogP contribution in [-0.2, 0) is 7.05 Å². The lowest BCUT2D eigenvalue weighted by atomic mass is 10.1. The third kappa shape index (κ3) is 1.60. The van der Waals surface area contributed by atoms with Crippen molar-refractivity contribution in [1.82, 2.24) is 14.5 Å². The van der Waals surface area contributed by atoms with Crippen molar-refractivity contribution < 1.29 is 0 Å². The van der Waals surface area contributed by atoms with Gasteiger partial charge in [-0.15, -0.1) is 0 Å². The molecule has 0 spiro atoms. The van der Waals surface area contributed by atoms with Crippen LogP contribution in [0.2, 0.25) is 0 Å². The van der Waals surface area contributed by atoms with Gasteiger partial charge in [-0.05, 0) is 25.1 Å². The van der Waals surface area contributed by atoms with E-state index in [0.29, 0.717) is 0 Å². The summed E-state index contributed by atoms with van der Waals surface area (Å²) in [6.07, 6.45) is 3.73. The van der Waals surface area contributed by atoms with Crippen molar-refractivity contribution in [3.05, 3.63) is 48.5 Å². The van der Waals surface area contributed by atoms with Crippen molar-refractivity contribution in [3.8, 4) is 11.3 Å². The number of imidazole rings is 1. The highest BCUT2D eigenvalue weighted by atomic mass is 15.0. The van der Waals surface area contributed by atoms with E-state index in [1.165, 1.54) is 5.56 Å². The molecule has 0 aliphatic heterocycles. The van der Waals surface area contributed by atoms with Gasteiger partial charge < -0.3 is 4.57 Å². The SMILES string of the molecule is Cc1ncc(-c2ccc3ncccc3c2)n1C. The number of aromatic nitrogens is 3. The molecule has 3 rings (SSSR count). The molecule has 2 heterocycles. The van der Waals surface area contributed by atoms with E-state index in [-0.39, 0.29) is 0 Å². The van der Waals surface area contributed by atoms with Gasteiger partial charge in [-0.3, -0.25) is 4.98 Å². The number of pyridine rings is 1. The Balaban J connectivity index is 2.21. The number of benzene rings is 1. The normalized spacial score (nSPS) is 10.9. The zero-order valence-electron chi connectivity index (χ0n) is 9.88. The second kappa shape index (κ2) is 3.70. The maximum atomic E-state index is 4.32. The van der Waals surface area contributed by atoms with Crippen LogP contribution in [0, 0.1) is 6.92 Å². The monoisotopic (exact) mass is 223 g/mol. The Bertz CT molecular complexity index is 683. The number of fused-ring (bicyclic) bond motifs is 1. The third-order valence-electron chi connectivity index (χ3n) is 3.12. The maximum Gasteiger partial charge on any atom is 0.105 e. The van der Waals surface area contributed by atoms with Gasteiger partial charge in [0.1, 0.15) is 5.82 Å². The van der Waals surface area contributed by atoms with Crippen molar-refractivity contribution in [2.24, 2.45) is 7.05 Å². The Morgan fingerprint density at radius 2 is 2.00 bits per heavy atom. The molecule has 0 aliphatic carbocycles. The van der Waals surface area contributed by atoms with Crippen molar-refractivity contribution >= 4 is 10.9 Å². The van der Waals surface area contributed by atoms with Gasteiger partial charge in [-0.25, -0.2) is 4.98 Å². The van der Waals surface area contributed by atoms with E-state index in [0.717, 1.165) is 22.4 Å². The molecule has 0 saturated heterocycles. The molecule has 0 fully saturated rings. The van der Waals surface area contributed by atoms with Crippen LogP contribution in [0.25, 0.3) is 22.2 Å². The Hall–Kier alpha value is -2.16. The zero-order valence-corrected chi connectivity index (χ0v) is 9.88. The van der Waals surface area contributed by atoms with Gasteiger partial charge in [-0.2, -0.15) is 0 Å². The summed E-state index contributed by atoms with van der Waals surface area (Å²) in [5.41, 5.74) is 3.33. The van der Waals surface area contributed by atoms with Crippen molar-refractivity contribution in [2.75, 3.05) is 0 Å². The minimum absolute atomic E-state index is 1.02. The van der Waals surface area contributed by atoms with Gasteiger partial charge >= 0.3 is 0 Å². The fraction of sp³-hybridized carbons (Fsp3) is 0.143. The summed E-state index contributed by atoms with van der Waals surface area (Å²) in [7, 11) is 2.03. The predicted octanol–water partition coefficient (Wildman–Crippen LogP) is 2.94. The Morgan fingerprint density at radius 1 is 1.12 bits per heavy atom. The molecule has 0 amide bonds. The third-order valence-corrected chi connectivity index (χ3v) is 3.12. The first kappa shape index (κ1) is 10.0. The topological polar surface area (TPSA) is 30.7 Å². The fourth-order valence-electron chi connectivity index (χ4n) is 2.01. The summed E-state index contributed by atoms with van der Waals surface area (Å²) in [5.74, 6) is 1.02. The summed E-state index contributed by atoms with van der Waals surface area (Å²) in [5, 5.41) is 1.16. The first-order valence-corrected chi connectivity index (χ1v) is 5.59. The first-order chi connectivity index (χ1) is 8.25. The second-order valence-corrected chi connectivity index (χ2v) is 4.16. The number of hydrogen-bond acceptors (Lipinski definition) is 2. The molecule has 3 nitrogen and oxygen atoms in total. The highest BCUT2D eigenvalue weighted by Gasteiger charge is 2.06. The largest absolute Gasteiger partial charge is 0.331 e. The van der Waals surface area contributed by atoms with Crippen LogP contribution < -0.4 is 0 Å². The molecule has 0 N–H and O–H groups in total. The number of hydrogen-bond donors (Lipinski definition) is 0. The molecule has 0 bridgehead atoms. The Kier molecular flexibility index (Phi) is 2.18. The van der Waals surface area contributed by atoms with Gasteiger partial charge in [0.25, 0.3) is 0 Å². The van der Waals surface area contributed by atoms with Crippen molar-refractivity contribution in [1.29, 1.82) is 0 Å². The molecule has 2 aromatic heterocycles. The van der Waals surface area contributed by atoms with Gasteiger partial charge in [0.15, 0.2) is 0 Å². The molecule has 1 aromatic carbocycles. The standard InChI is InChI=1S/C14H13N3/c1-10-16-9-14(17(10)2)12-5-6-13-11(8-12)4-3-7-15-13/h3-9H,1-2H3. The molecule has 3 aromatic rings. The minimum Gasteiger partial charge on any atom is -0.331 e. The summed E-state index contributed by atoms with van der Waals surface area (Å²) < 4.78 is 2.09. The number of nitrogens with zero attached hydrogens (tertiary/aromatic N) is 3. The van der Waals surface area contributed by atoms with E-state index in [2.05, 4.69) is 32.7 Å². The zero-order chi connectivity index (χ0) is 11.8. The van der Waals surface area contributed by atoms with Crippen LogP contribution in [0.4, 0.5) is 0 Å². The molecular formula is C14H13N3. The second-order valence-electron chi connectivity index (χ2n) is 4.16. The Labute approximate surface area is 99.8 Å². The van der Waals surface area contributed by atoms with Crippen LogP contribution in [0.15, 0.2) is 42.7 Å². The van der Waals surface area contributed by atoms with E-state index >= 15 is 0 Å². The lowest BCUT2D eigenvalue weighted by molar-refractivity contribution is 0.865. The molecule has 0 aliphatic rings. The number of aryl methyl sites for hydroxylation is 1. The Morgan fingerprint density at radius 3 is 2.76 bits per heavy atom. The molecule has 3 heteroatoms. The van der Waals surface area contributed by atoms with E-state index in [1.54, 1.807) is 0 Å².